The average molecular weight is 738 g/mol. The number of piperidine rings is 1. The molecule has 2 amide bonds. The highest BCUT2D eigenvalue weighted by molar-refractivity contribution is 6.31. The maximum Gasteiger partial charge on any atom is 0.272 e. The Morgan fingerprint density at radius 1 is 1.00 bits per heavy atom. The van der Waals surface area contributed by atoms with Crippen molar-refractivity contribution in [1.29, 1.82) is 0 Å². The Morgan fingerprint density at radius 3 is 2.33 bits per heavy atom. The van der Waals surface area contributed by atoms with Crippen molar-refractivity contribution in [1.82, 2.24) is 19.8 Å². The maximum absolute atomic E-state index is 14.6. The van der Waals surface area contributed by atoms with Crippen LogP contribution in [0.3, 0.4) is 0 Å². The second-order valence-corrected chi connectivity index (χ2v) is 13.4. The Kier molecular flexibility index (Phi) is 12.8. The fraction of sp³-hybridized carbons (Fsp3) is 0.262. The number of nitrogens with zero attached hydrogens (tertiary/aromatic N) is 4. The highest BCUT2D eigenvalue weighted by atomic mass is 35.5. The normalized spacial score (nSPS) is 14.1. The summed E-state index contributed by atoms with van der Waals surface area (Å²) in [5.41, 5.74) is 6.25. The summed E-state index contributed by atoms with van der Waals surface area (Å²) in [6.07, 6.45) is 6.03. The van der Waals surface area contributed by atoms with Crippen LogP contribution in [0.1, 0.15) is 73.8 Å². The van der Waals surface area contributed by atoms with Crippen molar-refractivity contribution in [3.05, 3.63) is 136 Å². The number of rotatable bonds is 11. The fourth-order valence-electron chi connectivity index (χ4n) is 6.77. The molecule has 8 nitrogen and oxygen atoms in total. The molecule has 270 valence electrons. The van der Waals surface area contributed by atoms with Gasteiger partial charge >= 0.3 is 0 Å². The summed E-state index contributed by atoms with van der Waals surface area (Å²) in [5.74, 6) is 0.368. The standard InChI is InChI=1S/C40H40Cl2N6O2.C2H6/c1-5-48(27(3)29-13-15-30(41)16-14-29)38(26(2)28-10-7-6-8-11-28)36-33-18-17-31(42)24-35(33)44-37(36)40(50)45-34-12-9-21-43-39(34)47-22-19-32(20-23-47)46(4)25-49;1-2/h5-18,21,24-25,27,32,44H,1,19-20,22-23H2,2-4H3,(H,45,50);1-2H3/b38-26+;. The van der Waals surface area contributed by atoms with Gasteiger partial charge in [-0.25, -0.2) is 4.98 Å². The molecule has 5 aromatic rings. The Morgan fingerprint density at radius 2 is 1.67 bits per heavy atom. The van der Waals surface area contributed by atoms with Gasteiger partial charge in [-0.05, 0) is 86.0 Å². The van der Waals surface area contributed by atoms with Gasteiger partial charge in [0.25, 0.3) is 5.91 Å². The number of hydrogen-bond acceptors (Lipinski definition) is 5. The maximum atomic E-state index is 14.6. The molecule has 10 heteroatoms. The van der Waals surface area contributed by atoms with Crippen LogP contribution in [0.25, 0.3) is 22.2 Å². The third-order valence-electron chi connectivity index (χ3n) is 9.55. The largest absolute Gasteiger partial charge is 0.355 e. The third-order valence-corrected chi connectivity index (χ3v) is 10.0. The summed E-state index contributed by atoms with van der Waals surface area (Å²) in [4.78, 5) is 40.1. The van der Waals surface area contributed by atoms with Crippen LogP contribution in [0.4, 0.5) is 11.5 Å². The minimum Gasteiger partial charge on any atom is -0.355 e. The molecule has 6 rings (SSSR count). The lowest BCUT2D eigenvalue weighted by Crippen LogP contribution is -2.43. The lowest BCUT2D eigenvalue weighted by molar-refractivity contribution is -0.119. The lowest BCUT2D eigenvalue weighted by Gasteiger charge is -2.36. The number of nitrogens with one attached hydrogen (secondary N) is 2. The molecule has 2 N–H and O–H groups in total. The van der Waals surface area contributed by atoms with Crippen LogP contribution in [0.15, 0.2) is 104 Å². The molecule has 1 saturated heterocycles. The smallest absolute Gasteiger partial charge is 0.272 e. The van der Waals surface area contributed by atoms with E-state index in [-0.39, 0.29) is 18.0 Å². The van der Waals surface area contributed by atoms with Crippen molar-refractivity contribution in [3.63, 3.8) is 0 Å². The van der Waals surface area contributed by atoms with E-state index in [1.807, 2.05) is 99.9 Å². The summed E-state index contributed by atoms with van der Waals surface area (Å²) >= 11 is 12.8. The highest BCUT2D eigenvalue weighted by Crippen LogP contribution is 2.41. The van der Waals surface area contributed by atoms with Crippen LogP contribution in [-0.4, -0.2) is 58.3 Å². The number of H-pyrrole nitrogens is 1. The number of anilines is 2. The van der Waals surface area contributed by atoms with Crippen molar-refractivity contribution in [3.8, 4) is 0 Å². The monoisotopic (exact) mass is 736 g/mol. The lowest BCUT2D eigenvalue weighted by atomic mass is 9.95. The number of halogens is 2. The van der Waals surface area contributed by atoms with Crippen LogP contribution in [0, 0.1) is 0 Å². The van der Waals surface area contributed by atoms with Gasteiger partial charge in [0.05, 0.1) is 17.4 Å². The average Bonchev–Trinajstić information content (AvgIpc) is 3.56. The molecule has 0 bridgehead atoms. The topological polar surface area (TPSA) is 84.6 Å². The van der Waals surface area contributed by atoms with E-state index in [1.165, 1.54) is 0 Å². The number of benzene rings is 3. The second kappa shape index (κ2) is 17.4. The van der Waals surface area contributed by atoms with E-state index in [4.69, 9.17) is 23.2 Å². The van der Waals surface area contributed by atoms with Crippen LogP contribution >= 0.6 is 23.2 Å². The number of carbonyl (C=O) groups excluding carboxylic acids is 2. The summed E-state index contributed by atoms with van der Waals surface area (Å²) in [6, 6.07) is 27.2. The Bertz CT molecular complexity index is 2040. The predicted octanol–water partition coefficient (Wildman–Crippen LogP) is 10.3. The molecule has 1 aliphatic heterocycles. The molecule has 0 spiro atoms. The molecule has 0 saturated carbocycles. The highest BCUT2D eigenvalue weighted by Gasteiger charge is 2.30. The number of fused-ring (bicyclic) bond motifs is 1. The van der Waals surface area contributed by atoms with Crippen molar-refractivity contribution in [2.24, 2.45) is 0 Å². The molecule has 1 unspecified atom stereocenters. The number of allylic oxidation sites excluding steroid dienone is 1. The number of carbonyl (C=O) groups is 2. The summed E-state index contributed by atoms with van der Waals surface area (Å²) in [6.45, 7) is 13.8. The number of amides is 2. The fourth-order valence-corrected chi connectivity index (χ4v) is 7.07. The minimum atomic E-state index is -0.321. The number of aromatic amines is 1. The van der Waals surface area contributed by atoms with Gasteiger partial charge in [0.15, 0.2) is 5.82 Å². The van der Waals surface area contributed by atoms with Gasteiger partial charge in [-0.3, -0.25) is 9.59 Å². The van der Waals surface area contributed by atoms with Gasteiger partial charge < -0.3 is 25.0 Å². The van der Waals surface area contributed by atoms with E-state index in [0.29, 0.717) is 40.3 Å². The second-order valence-electron chi connectivity index (χ2n) is 12.5. The van der Waals surface area contributed by atoms with Crippen molar-refractivity contribution in [2.75, 3.05) is 30.4 Å². The number of pyridine rings is 1. The van der Waals surface area contributed by atoms with Crippen molar-refractivity contribution >= 4 is 69.2 Å². The summed E-state index contributed by atoms with van der Waals surface area (Å²) in [5, 5.41) is 5.23. The molecule has 3 heterocycles. The van der Waals surface area contributed by atoms with Gasteiger partial charge in [-0.15, -0.1) is 0 Å². The van der Waals surface area contributed by atoms with Crippen LogP contribution in [0.5, 0.6) is 0 Å². The van der Waals surface area contributed by atoms with E-state index >= 15 is 0 Å². The third kappa shape index (κ3) is 8.19. The first kappa shape index (κ1) is 38.2. The first-order valence-corrected chi connectivity index (χ1v) is 18.4. The van der Waals surface area contributed by atoms with Gasteiger partial charge in [-0.1, -0.05) is 92.2 Å². The zero-order chi connectivity index (χ0) is 37.4. The predicted molar refractivity (Wildman–Crippen MR) is 217 cm³/mol. The quantitative estimate of drug-likeness (QED) is 0.132. The summed E-state index contributed by atoms with van der Waals surface area (Å²) in [7, 11) is 1.82. The van der Waals surface area contributed by atoms with Crippen molar-refractivity contribution < 1.29 is 9.59 Å². The Hall–Kier alpha value is -5.05. The number of hydrogen-bond donors (Lipinski definition) is 2. The van der Waals surface area contributed by atoms with E-state index in [0.717, 1.165) is 58.1 Å². The van der Waals surface area contributed by atoms with Gasteiger partial charge in [-0.2, -0.15) is 0 Å². The first-order chi connectivity index (χ1) is 25.2. The molecule has 2 aromatic heterocycles. The Labute approximate surface area is 316 Å². The van der Waals surface area contributed by atoms with E-state index in [1.54, 1.807) is 11.1 Å². The molecule has 52 heavy (non-hydrogen) atoms. The Balaban J connectivity index is 0.00000257. The van der Waals surface area contributed by atoms with Crippen LogP contribution in [0.2, 0.25) is 10.0 Å². The summed E-state index contributed by atoms with van der Waals surface area (Å²) < 4.78 is 0. The molecule has 1 aliphatic rings. The minimum absolute atomic E-state index is 0.169. The van der Waals surface area contributed by atoms with Gasteiger partial charge in [0.2, 0.25) is 6.41 Å². The van der Waals surface area contributed by atoms with E-state index in [9.17, 15) is 9.59 Å². The molecule has 0 radical (unpaired) electrons. The van der Waals surface area contributed by atoms with Crippen molar-refractivity contribution in [2.45, 2.75) is 52.6 Å². The van der Waals surface area contributed by atoms with E-state index < -0.39 is 0 Å². The molecule has 1 atom stereocenters. The van der Waals surface area contributed by atoms with E-state index in [2.05, 4.69) is 57.6 Å². The molecule has 3 aromatic carbocycles. The van der Waals surface area contributed by atoms with Gasteiger partial charge in [0, 0.05) is 58.9 Å². The van der Waals surface area contributed by atoms with Gasteiger partial charge in [0.1, 0.15) is 5.69 Å². The zero-order valence-corrected chi connectivity index (χ0v) is 31.9. The van der Waals surface area contributed by atoms with Crippen LogP contribution < -0.4 is 10.2 Å². The molecule has 0 aliphatic carbocycles. The SMILES string of the molecule is C=CN(/C(=C(\C)c1ccccc1)c1c(C(=O)Nc2cccnc2N2CCC(N(C)C=O)CC2)[nH]c2cc(Cl)ccc12)C(C)c1ccc(Cl)cc1.CC. The molecular weight excluding hydrogens is 691 g/mol. The first-order valence-electron chi connectivity index (χ1n) is 17.6. The zero-order valence-electron chi connectivity index (χ0n) is 30.4. The van der Waals surface area contributed by atoms with Crippen LogP contribution in [-0.2, 0) is 4.79 Å². The molecular formula is C42H46Cl2N6O2. The number of aromatic nitrogens is 2. The molecule has 1 fully saturated rings.